The number of rotatable bonds is 7. The first-order chi connectivity index (χ1) is 17.5. The number of aromatic nitrogens is 2. The van der Waals surface area contributed by atoms with Gasteiger partial charge < -0.3 is 14.8 Å². The molecule has 2 N–H and O–H groups in total. The number of ether oxygens (including phenoxy) is 2. The molecule has 5 rings (SSSR count). The van der Waals surface area contributed by atoms with Crippen molar-refractivity contribution in [3.05, 3.63) is 69.9 Å². The van der Waals surface area contributed by atoms with Crippen LogP contribution in [0.1, 0.15) is 42.9 Å². The third-order valence-electron chi connectivity index (χ3n) is 6.50. The summed E-state index contributed by atoms with van der Waals surface area (Å²) in [6.45, 7) is 0.567. The number of fused-ring (bicyclic) bond motifs is 1. The summed E-state index contributed by atoms with van der Waals surface area (Å²) in [5.41, 5.74) is 3.73. The lowest BCUT2D eigenvalue weighted by atomic mass is 9.85. The summed E-state index contributed by atoms with van der Waals surface area (Å²) < 4.78 is 9.90. The molecule has 190 valence electrons. The van der Waals surface area contributed by atoms with E-state index in [-0.39, 0.29) is 22.3 Å². The van der Waals surface area contributed by atoms with Crippen LogP contribution in [0.3, 0.4) is 0 Å². The van der Waals surface area contributed by atoms with Gasteiger partial charge >= 0.3 is 0 Å². The predicted octanol–water partition coefficient (Wildman–Crippen LogP) is 5.57. The first kappa shape index (κ1) is 25.4. The van der Waals surface area contributed by atoms with Crippen LogP contribution >= 0.6 is 10.5 Å². The second kappa shape index (κ2) is 11.9. The van der Waals surface area contributed by atoms with Gasteiger partial charge in [0.1, 0.15) is 11.9 Å². The quantitative estimate of drug-likeness (QED) is 0.184. The number of carbonyl (C=O) groups is 1. The molecular weight excluding hydrogens is 480 g/mol. The van der Waals surface area contributed by atoms with Gasteiger partial charge in [0, 0.05) is 40.4 Å². The Morgan fingerprint density at radius 3 is 2.58 bits per heavy atom. The molecule has 2 aliphatic rings. The van der Waals surface area contributed by atoms with Gasteiger partial charge in [-0.2, -0.15) is 15.6 Å². The van der Waals surface area contributed by atoms with E-state index < -0.39 is 4.92 Å². The molecule has 0 amide bonds. The van der Waals surface area contributed by atoms with Crippen LogP contribution in [0.15, 0.2) is 53.4 Å². The van der Waals surface area contributed by atoms with Gasteiger partial charge in [-0.1, -0.05) is 5.87 Å². The Morgan fingerprint density at radius 2 is 1.92 bits per heavy atom. The van der Waals surface area contributed by atoms with Crippen molar-refractivity contribution >= 4 is 40.0 Å². The van der Waals surface area contributed by atoms with Crippen molar-refractivity contribution in [2.24, 2.45) is 0 Å². The highest BCUT2D eigenvalue weighted by atomic mass is 32.2. The molecular formula is C26H30N4O5S. The van der Waals surface area contributed by atoms with Crippen molar-refractivity contribution in [1.29, 1.82) is 0 Å². The van der Waals surface area contributed by atoms with E-state index in [0.29, 0.717) is 18.1 Å². The summed E-state index contributed by atoms with van der Waals surface area (Å²) in [7, 11) is 1.68. The molecule has 0 spiro atoms. The lowest BCUT2D eigenvalue weighted by Gasteiger charge is -2.26. The highest BCUT2D eigenvalue weighted by Gasteiger charge is 2.24. The van der Waals surface area contributed by atoms with E-state index in [1.807, 2.05) is 0 Å². The van der Waals surface area contributed by atoms with Crippen LogP contribution in [-0.4, -0.2) is 46.4 Å². The van der Waals surface area contributed by atoms with Gasteiger partial charge in [0.05, 0.1) is 12.0 Å². The highest BCUT2D eigenvalue weighted by Crippen LogP contribution is 2.38. The minimum Gasteiger partial charge on any atom is -0.497 e. The van der Waals surface area contributed by atoms with Gasteiger partial charge in [0.15, 0.2) is 5.82 Å². The van der Waals surface area contributed by atoms with Crippen molar-refractivity contribution in [3.63, 3.8) is 0 Å². The Bertz CT molecular complexity index is 1220. The third kappa shape index (κ3) is 6.31. The highest BCUT2D eigenvalue weighted by molar-refractivity contribution is 8.14. The number of H-pyrrole nitrogens is 1. The number of non-ortho nitro benzene ring substituents is 1. The van der Waals surface area contributed by atoms with Gasteiger partial charge in [-0.05, 0) is 73.8 Å². The number of hydrogen-bond acceptors (Lipinski definition) is 7. The molecule has 0 saturated heterocycles. The van der Waals surface area contributed by atoms with Crippen LogP contribution < -0.4 is 10.1 Å². The van der Waals surface area contributed by atoms with Gasteiger partial charge in [0.2, 0.25) is 0 Å². The second-order valence-corrected chi connectivity index (χ2v) is 10.6. The van der Waals surface area contributed by atoms with Crippen LogP contribution in [0, 0.1) is 10.1 Å². The smallest absolute Gasteiger partial charge is 0.293 e. The zero-order chi connectivity index (χ0) is 25.5. The molecule has 1 aliphatic heterocycles. The van der Waals surface area contributed by atoms with Crippen molar-refractivity contribution in [2.45, 2.75) is 49.0 Å². The molecule has 36 heavy (non-hydrogen) atoms. The largest absolute Gasteiger partial charge is 0.497 e. The molecule has 1 unspecified atom stereocenters. The SMILES string of the molecule is C=S1CCc2cc(Nc3cc(C4CCC(OC=O)CC4)[nH]n3)ccc21.COc1ccc([N+](=O)[O-])cc1. The fourth-order valence-electron chi connectivity index (χ4n) is 4.53. The fourth-order valence-corrected chi connectivity index (χ4v) is 6.01. The predicted molar refractivity (Wildman–Crippen MR) is 142 cm³/mol. The lowest BCUT2D eigenvalue weighted by Crippen LogP contribution is -2.20. The summed E-state index contributed by atoms with van der Waals surface area (Å²) in [5, 5.41) is 21.2. The molecule has 3 aromatic rings. The number of methoxy groups -OCH3 is 1. The normalized spacial score (nSPS) is 20.4. The summed E-state index contributed by atoms with van der Waals surface area (Å²) in [6, 6.07) is 14.6. The number of nitrogens with one attached hydrogen (secondary N) is 2. The molecule has 1 aliphatic carbocycles. The molecule has 1 saturated carbocycles. The molecule has 10 heteroatoms. The molecule has 2 aromatic carbocycles. The zero-order valence-electron chi connectivity index (χ0n) is 20.1. The first-order valence-corrected chi connectivity index (χ1v) is 13.4. The van der Waals surface area contributed by atoms with Crippen molar-refractivity contribution in [1.82, 2.24) is 10.2 Å². The van der Waals surface area contributed by atoms with Crippen molar-refractivity contribution in [2.75, 3.05) is 18.2 Å². The molecule has 9 nitrogen and oxygen atoms in total. The fraction of sp³-hybridized carbons (Fsp3) is 0.346. The number of anilines is 2. The third-order valence-corrected chi connectivity index (χ3v) is 8.22. The zero-order valence-corrected chi connectivity index (χ0v) is 21.0. The van der Waals surface area contributed by atoms with E-state index in [9.17, 15) is 14.9 Å². The average molecular weight is 511 g/mol. The Morgan fingerprint density at radius 1 is 1.17 bits per heavy atom. The number of aromatic amines is 1. The molecule has 1 atom stereocenters. The number of nitrogens with zero attached hydrogens (tertiary/aromatic N) is 2. The Kier molecular flexibility index (Phi) is 8.37. The topological polar surface area (TPSA) is 119 Å². The summed E-state index contributed by atoms with van der Waals surface area (Å²) >= 11 is 0. The van der Waals surface area contributed by atoms with Crippen LogP contribution in [-0.2, 0) is 16.0 Å². The Labute approximate surface area is 212 Å². The summed E-state index contributed by atoms with van der Waals surface area (Å²) in [5.74, 6) is 7.33. The molecule has 2 heterocycles. The maximum atomic E-state index is 10.4. The van der Waals surface area contributed by atoms with Crippen LogP contribution in [0.4, 0.5) is 17.2 Å². The Hall–Kier alpha value is -3.66. The molecule has 1 aromatic heterocycles. The molecule has 0 bridgehead atoms. The maximum Gasteiger partial charge on any atom is 0.293 e. The number of aryl methyl sites for hydroxylation is 1. The Balaban J connectivity index is 0.000000233. The van der Waals surface area contributed by atoms with E-state index in [2.05, 4.69) is 45.7 Å². The second-order valence-electron chi connectivity index (χ2n) is 8.76. The van der Waals surface area contributed by atoms with Crippen LogP contribution in [0.5, 0.6) is 5.75 Å². The number of hydrogen-bond donors (Lipinski definition) is 2. The lowest BCUT2D eigenvalue weighted by molar-refractivity contribution is -0.384. The molecule has 0 radical (unpaired) electrons. The number of carbonyl (C=O) groups excluding carboxylic acids is 1. The standard InChI is InChI=1S/C19H23N3O2S.C7H7NO3/c1-25-9-8-14-10-15(4-7-18(14)25)20-19-11-17(21-22-19)13-2-5-16(6-3-13)24-12-23;1-11-7-4-2-6(3-5-7)8(9)10/h4,7,10-13,16H,1-3,5-6,8-9H2,(H2,20,21,22);2-5H,1H3. The van der Waals surface area contributed by atoms with E-state index in [1.54, 1.807) is 12.1 Å². The summed E-state index contributed by atoms with van der Waals surface area (Å²) in [4.78, 5) is 21.6. The van der Waals surface area contributed by atoms with Crippen LogP contribution in [0.2, 0.25) is 0 Å². The van der Waals surface area contributed by atoms with E-state index in [4.69, 9.17) is 9.47 Å². The van der Waals surface area contributed by atoms with Crippen molar-refractivity contribution in [3.8, 4) is 5.75 Å². The average Bonchev–Trinajstić information content (AvgIpc) is 3.51. The minimum atomic E-state index is -0.445. The number of nitro benzene ring substituents is 1. The summed E-state index contributed by atoms with van der Waals surface area (Å²) in [6.07, 6.45) is 5.08. The van der Waals surface area contributed by atoms with Gasteiger partial charge in [-0.3, -0.25) is 20.0 Å². The van der Waals surface area contributed by atoms with E-state index in [1.165, 1.54) is 35.5 Å². The van der Waals surface area contributed by atoms with Gasteiger partial charge in [-0.25, -0.2) is 0 Å². The maximum absolute atomic E-state index is 10.4. The minimum absolute atomic E-state index is 0.0748. The van der Waals surface area contributed by atoms with E-state index >= 15 is 0 Å². The number of benzene rings is 2. The monoisotopic (exact) mass is 510 g/mol. The van der Waals surface area contributed by atoms with Crippen molar-refractivity contribution < 1.29 is 19.2 Å². The van der Waals surface area contributed by atoms with Gasteiger partial charge in [0.25, 0.3) is 12.2 Å². The number of nitro groups is 1. The first-order valence-electron chi connectivity index (χ1n) is 11.8. The van der Waals surface area contributed by atoms with E-state index in [0.717, 1.165) is 49.3 Å². The van der Waals surface area contributed by atoms with Gasteiger partial charge in [-0.15, -0.1) is 0 Å². The molecule has 1 fully saturated rings. The van der Waals surface area contributed by atoms with Crippen LogP contribution in [0.25, 0.3) is 0 Å².